The summed E-state index contributed by atoms with van der Waals surface area (Å²) in [5.41, 5.74) is 0.818. The van der Waals surface area contributed by atoms with Crippen LogP contribution in [0, 0.1) is 11.8 Å². The molecule has 0 aliphatic heterocycles. The first-order valence-electron chi connectivity index (χ1n) is 10.5. The molecule has 3 rings (SSSR count). The van der Waals surface area contributed by atoms with E-state index in [1.165, 1.54) is 10.5 Å². The summed E-state index contributed by atoms with van der Waals surface area (Å²) in [6.45, 7) is 10.1. The van der Waals surface area contributed by atoms with E-state index in [0.29, 0.717) is 17.8 Å². The molecule has 3 heterocycles. The average Bonchev–Trinajstić information content (AvgIpc) is 2.69. The number of hydrogen-bond donors (Lipinski definition) is 0. The van der Waals surface area contributed by atoms with Crippen molar-refractivity contribution in [3.63, 3.8) is 0 Å². The number of ether oxygens (including phenoxy) is 1. The summed E-state index contributed by atoms with van der Waals surface area (Å²) in [5.74, 6) is -0.700. The standard InChI is InChI=1S/C23H28N4O4/c1-6-31-23(30)17-12-16-20(24-18-9-7-8-10-26(18)22(16)29)27(13-15(4)5)21(17)25-19(28)11-14(2)3/h7-10,12,14-15H,6,11,13H2,1-5H3. The van der Waals surface area contributed by atoms with Crippen LogP contribution in [0.1, 0.15) is 51.4 Å². The maximum Gasteiger partial charge on any atom is 0.341 e. The van der Waals surface area contributed by atoms with Gasteiger partial charge in [-0.25, -0.2) is 9.78 Å². The van der Waals surface area contributed by atoms with Gasteiger partial charge in [0.25, 0.3) is 5.56 Å². The topological polar surface area (TPSA) is 95.0 Å². The second-order valence-corrected chi connectivity index (χ2v) is 8.29. The summed E-state index contributed by atoms with van der Waals surface area (Å²) < 4.78 is 8.34. The van der Waals surface area contributed by atoms with Crippen molar-refractivity contribution < 1.29 is 14.3 Å². The molecule has 8 nitrogen and oxygen atoms in total. The minimum absolute atomic E-state index is 0.0851. The van der Waals surface area contributed by atoms with Crippen LogP contribution in [0.4, 0.5) is 0 Å². The van der Waals surface area contributed by atoms with Crippen LogP contribution < -0.4 is 11.0 Å². The lowest BCUT2D eigenvalue weighted by Gasteiger charge is -2.16. The molecule has 0 fully saturated rings. The first kappa shape index (κ1) is 22.4. The first-order chi connectivity index (χ1) is 14.7. The van der Waals surface area contributed by atoms with Crippen LogP contribution in [0.5, 0.6) is 0 Å². The van der Waals surface area contributed by atoms with Crippen LogP contribution in [0.2, 0.25) is 0 Å². The number of pyridine rings is 2. The van der Waals surface area contributed by atoms with Gasteiger partial charge in [0.05, 0.1) is 12.0 Å². The predicted molar refractivity (Wildman–Crippen MR) is 118 cm³/mol. The molecular weight excluding hydrogens is 396 g/mol. The fraction of sp³-hybridized carbons (Fsp3) is 0.435. The van der Waals surface area contributed by atoms with E-state index in [1.807, 2.05) is 27.7 Å². The highest BCUT2D eigenvalue weighted by molar-refractivity contribution is 5.93. The van der Waals surface area contributed by atoms with E-state index in [2.05, 4.69) is 9.98 Å². The minimum atomic E-state index is -0.629. The Hall–Kier alpha value is -3.29. The summed E-state index contributed by atoms with van der Waals surface area (Å²) in [6.07, 6.45) is 1.88. The number of fused-ring (bicyclic) bond motifs is 2. The quantitative estimate of drug-likeness (QED) is 0.448. The summed E-state index contributed by atoms with van der Waals surface area (Å²) in [6, 6.07) is 6.72. The van der Waals surface area contributed by atoms with Crippen LogP contribution in [-0.4, -0.2) is 32.4 Å². The zero-order chi connectivity index (χ0) is 22.7. The van der Waals surface area contributed by atoms with E-state index in [9.17, 15) is 14.4 Å². The van der Waals surface area contributed by atoms with Crippen molar-refractivity contribution in [3.8, 4) is 0 Å². The van der Waals surface area contributed by atoms with E-state index in [4.69, 9.17) is 4.74 Å². The molecule has 0 atom stereocenters. The van der Waals surface area contributed by atoms with Crippen LogP contribution in [0.25, 0.3) is 16.7 Å². The predicted octanol–water partition coefficient (Wildman–Crippen LogP) is 2.96. The van der Waals surface area contributed by atoms with Crippen LogP contribution >= 0.6 is 0 Å². The second-order valence-electron chi connectivity index (χ2n) is 8.29. The van der Waals surface area contributed by atoms with Gasteiger partial charge in [-0.05, 0) is 37.0 Å². The number of carbonyl (C=O) groups excluding carboxylic acids is 2. The number of carbonyl (C=O) groups is 2. The van der Waals surface area contributed by atoms with Crippen molar-refractivity contribution in [1.29, 1.82) is 0 Å². The van der Waals surface area contributed by atoms with Gasteiger partial charge < -0.3 is 9.30 Å². The lowest BCUT2D eigenvalue weighted by molar-refractivity contribution is -0.118. The normalized spacial score (nSPS) is 12.3. The molecule has 1 amide bonds. The van der Waals surface area contributed by atoms with E-state index in [0.717, 1.165) is 0 Å². The number of hydrogen-bond acceptors (Lipinski definition) is 5. The molecule has 3 aromatic rings. The average molecular weight is 425 g/mol. The van der Waals surface area contributed by atoms with E-state index in [-0.39, 0.29) is 52.8 Å². The number of aromatic nitrogens is 3. The molecule has 3 aromatic heterocycles. The largest absolute Gasteiger partial charge is 0.462 e. The Bertz CT molecular complexity index is 1270. The zero-order valence-electron chi connectivity index (χ0n) is 18.6. The van der Waals surface area contributed by atoms with E-state index in [1.54, 1.807) is 35.9 Å². The molecule has 0 aliphatic carbocycles. The zero-order valence-corrected chi connectivity index (χ0v) is 18.6. The molecule has 0 saturated carbocycles. The molecule has 0 aliphatic rings. The number of nitrogens with zero attached hydrogens (tertiary/aromatic N) is 4. The van der Waals surface area contributed by atoms with Crippen LogP contribution in [0.15, 0.2) is 40.2 Å². The molecule has 0 bridgehead atoms. The summed E-state index contributed by atoms with van der Waals surface area (Å²) >= 11 is 0. The minimum Gasteiger partial charge on any atom is -0.462 e. The number of rotatable bonds is 6. The van der Waals surface area contributed by atoms with Gasteiger partial charge in [0.1, 0.15) is 16.9 Å². The molecule has 8 heteroatoms. The van der Waals surface area contributed by atoms with Gasteiger partial charge in [0.2, 0.25) is 5.91 Å². The second kappa shape index (κ2) is 9.24. The molecule has 0 radical (unpaired) electrons. The van der Waals surface area contributed by atoms with Crippen molar-refractivity contribution in [2.75, 3.05) is 6.61 Å². The Morgan fingerprint density at radius 2 is 1.90 bits per heavy atom. The third-order valence-corrected chi connectivity index (χ3v) is 4.65. The molecule has 0 N–H and O–H groups in total. The van der Waals surface area contributed by atoms with Gasteiger partial charge >= 0.3 is 5.97 Å². The van der Waals surface area contributed by atoms with Gasteiger partial charge in [-0.1, -0.05) is 33.8 Å². The molecule has 0 unspecified atom stereocenters. The monoisotopic (exact) mass is 424 g/mol. The summed E-state index contributed by atoms with van der Waals surface area (Å²) in [4.78, 5) is 47.5. The smallest absolute Gasteiger partial charge is 0.341 e. The Morgan fingerprint density at radius 1 is 1.16 bits per heavy atom. The summed E-state index contributed by atoms with van der Waals surface area (Å²) in [5, 5.41) is 0.266. The highest BCUT2D eigenvalue weighted by atomic mass is 16.5. The first-order valence-corrected chi connectivity index (χ1v) is 10.5. The molecule has 0 aromatic carbocycles. The third-order valence-electron chi connectivity index (χ3n) is 4.65. The third kappa shape index (κ3) is 4.73. The van der Waals surface area contributed by atoms with Crippen LogP contribution in [-0.2, 0) is 16.1 Å². The maximum absolute atomic E-state index is 13.2. The highest BCUT2D eigenvalue weighted by Gasteiger charge is 2.20. The lowest BCUT2D eigenvalue weighted by atomic mass is 10.1. The molecule has 31 heavy (non-hydrogen) atoms. The van der Waals surface area contributed by atoms with Gasteiger partial charge in [-0.3, -0.25) is 14.0 Å². The molecule has 0 saturated heterocycles. The van der Waals surface area contributed by atoms with Gasteiger partial charge in [0, 0.05) is 19.2 Å². The van der Waals surface area contributed by atoms with E-state index < -0.39 is 5.97 Å². The Labute approximate surface area is 180 Å². The van der Waals surface area contributed by atoms with E-state index >= 15 is 0 Å². The van der Waals surface area contributed by atoms with Crippen molar-refractivity contribution in [2.45, 2.75) is 47.6 Å². The Kier molecular flexibility index (Phi) is 6.68. The molecule has 0 spiro atoms. The summed E-state index contributed by atoms with van der Waals surface area (Å²) in [7, 11) is 0. The maximum atomic E-state index is 13.2. The van der Waals surface area contributed by atoms with Gasteiger partial charge in [-0.15, -0.1) is 0 Å². The van der Waals surface area contributed by atoms with Crippen LogP contribution in [0.3, 0.4) is 0 Å². The van der Waals surface area contributed by atoms with Gasteiger partial charge in [-0.2, -0.15) is 4.99 Å². The number of amides is 1. The van der Waals surface area contributed by atoms with Crippen molar-refractivity contribution >= 4 is 28.6 Å². The fourth-order valence-electron chi connectivity index (χ4n) is 3.41. The SMILES string of the molecule is CCOC(=O)c1cc2c(=O)n3ccccc3nc2n(CC(C)C)c1=NC(=O)CC(C)C. The van der Waals surface area contributed by atoms with Crippen molar-refractivity contribution in [1.82, 2.24) is 14.0 Å². The van der Waals surface area contributed by atoms with Crippen molar-refractivity contribution in [3.05, 3.63) is 51.9 Å². The Balaban J connectivity index is 2.49. The van der Waals surface area contributed by atoms with Crippen molar-refractivity contribution in [2.24, 2.45) is 16.8 Å². The fourth-order valence-corrected chi connectivity index (χ4v) is 3.41. The highest BCUT2D eigenvalue weighted by Crippen LogP contribution is 2.13. The molecule has 164 valence electrons. The lowest BCUT2D eigenvalue weighted by Crippen LogP contribution is -2.33. The molecular formula is C23H28N4O4. The Morgan fingerprint density at radius 3 is 2.55 bits per heavy atom. The van der Waals surface area contributed by atoms with Gasteiger partial charge in [0.15, 0.2) is 5.49 Å². The number of esters is 1.